The van der Waals surface area contributed by atoms with E-state index in [2.05, 4.69) is 150 Å². The van der Waals surface area contributed by atoms with Gasteiger partial charge in [0.25, 0.3) is 35.0 Å². The molecule has 0 saturated heterocycles. The third-order valence-electron chi connectivity index (χ3n) is 23.3. The summed E-state index contributed by atoms with van der Waals surface area (Å²) in [5.41, 5.74) is 12.9. The molecule has 4 aromatic carbocycles. The maximum atomic E-state index is 13.3. The number of nitrogens with one attached hydrogen (secondary N) is 2. The molecule has 15 heterocycles. The molecule has 7 N–H and O–H groups in total. The summed E-state index contributed by atoms with van der Waals surface area (Å²) >= 11 is 35.2. The lowest BCUT2D eigenvalue weighted by molar-refractivity contribution is -0.385. The molecule has 0 radical (unpaired) electrons. The molecule has 52 heteroatoms. The molecule has 19 rings (SSSR count). The van der Waals surface area contributed by atoms with Gasteiger partial charge < -0.3 is 88.1 Å². The minimum Gasteiger partial charge on any atom is -0.504 e. The Kier molecular flexibility index (Phi) is 41.1. The summed E-state index contributed by atoms with van der Waals surface area (Å²) in [5.74, 6) is -1.86. The number of phenols is 1. The molecule has 7 aromatic heterocycles. The van der Waals surface area contributed by atoms with Crippen LogP contribution in [0.25, 0.3) is 0 Å². The van der Waals surface area contributed by atoms with Gasteiger partial charge in [0.15, 0.2) is 46.0 Å². The number of ether oxygens (including phenoxy) is 9. The molecule has 0 unspecified atom stereocenters. The standard InChI is InChI=1S/C18H17BrN2O7S.C17H15BrN2O6S.C17H15BrN2O3S.C16H13BrN2O3S.C9H10BrNO2S.C8H8BrNO2S.C7H8BrNO2S.2ClH/c1-26-13-5-10(11(21(24)25)6-14(13)27-2)17(22)20-8-9-4-16(19)29-15(9)7-12(20)18(23)28-3;1-25-13-5-11(12(20(23)24)6-14(13)26-2)17(22)19-7-9-3-16(18)27-15(9)4-10(19)8-21;1-22-13-5-11-12(6-14(13)23-2)19-7-10-4-15-9(3-16(18)24-15)8-20(10)17(11)21;1-22-13-4-10-11(5-12(13)20)18-6-9-3-14-8(2-15(17)23-14)7-19(9)16(10)21;1-13-9(12)6-3-7-5(4-11-6)2-8(10)14-7;9-7-1-4-3-10-5(8(11)12)2-6(4)13-7;8-6-2-1-4(12-6)3-5(9)7(10)11;;/h4-6,12H,7-8H2,1-3H3;3,5-6,8,10H,4,7H2,1-2H3;3,5-7,10H,4,8H2,1-2H3;2,4-6,9,20H,3,7H2,1H3;2,6,11H,3-4H2,1H3;1,5,10H,2-3H2,(H,11,12);1-2,5H,3,9H2,(H,10,11);2*1H/t12-;2*10-;9-;6-;2*5-;;/m0000000../s1. The molecule has 0 saturated carbocycles. The zero-order valence-corrected chi connectivity index (χ0v) is 95.5. The molecule has 8 aliphatic rings. The van der Waals surface area contributed by atoms with Gasteiger partial charge in [0.1, 0.15) is 41.6 Å². The highest BCUT2D eigenvalue weighted by atomic mass is 79.9. The van der Waals surface area contributed by atoms with E-state index < -0.39 is 75.1 Å². The number of nitro groups is 2. The number of phenolic OH excluding ortho intramolecular Hbond substituents is 1. The lowest BCUT2D eigenvalue weighted by Gasteiger charge is -2.33. The van der Waals surface area contributed by atoms with Crippen LogP contribution >= 0.6 is 216 Å². The van der Waals surface area contributed by atoms with Crippen LogP contribution in [0.5, 0.6) is 46.0 Å². The van der Waals surface area contributed by atoms with E-state index in [1.807, 2.05) is 46.3 Å². The summed E-state index contributed by atoms with van der Waals surface area (Å²) < 4.78 is 53.0. The third-order valence-corrected chi connectivity index (χ3v) is 35.1. The first-order chi connectivity index (χ1) is 67.8. The summed E-state index contributed by atoms with van der Waals surface area (Å²) in [6, 6.07) is 24.1. The van der Waals surface area contributed by atoms with Crippen molar-refractivity contribution >= 4 is 305 Å². The van der Waals surface area contributed by atoms with E-state index in [0.717, 1.165) is 90.2 Å². The highest BCUT2D eigenvalue weighted by molar-refractivity contribution is 9.12. The van der Waals surface area contributed by atoms with Crippen molar-refractivity contribution in [3.8, 4) is 46.0 Å². The Morgan fingerprint density at radius 2 is 0.833 bits per heavy atom. The number of aldehydes is 1. The van der Waals surface area contributed by atoms with E-state index in [1.165, 1.54) is 154 Å². The number of halogens is 9. The second kappa shape index (κ2) is 51.5. The maximum Gasteiger partial charge on any atom is 0.328 e. The predicted octanol–water partition coefficient (Wildman–Crippen LogP) is 19.3. The number of nitrogens with zero attached hydrogens (tertiary/aromatic N) is 8. The van der Waals surface area contributed by atoms with Gasteiger partial charge in [-0.15, -0.1) is 104 Å². The van der Waals surface area contributed by atoms with Gasteiger partial charge in [0.05, 0.1) is 153 Å². The number of hydrogen-bond donors (Lipinski definition) is 6. The number of hydrogen-bond acceptors (Lipinski definition) is 35. The van der Waals surface area contributed by atoms with Gasteiger partial charge in [0, 0.05) is 155 Å². The van der Waals surface area contributed by atoms with Crippen LogP contribution in [0.15, 0.2) is 134 Å². The van der Waals surface area contributed by atoms with Crippen molar-refractivity contribution in [2.75, 3.05) is 64.0 Å². The zero-order chi connectivity index (χ0) is 103. The number of amides is 4. The molecule has 8 aliphatic heterocycles. The maximum absolute atomic E-state index is 13.3. The Bertz CT molecular complexity index is 6770. The van der Waals surface area contributed by atoms with Gasteiger partial charge in [-0.3, -0.25) is 74.4 Å². The molecule has 0 spiro atoms. The summed E-state index contributed by atoms with van der Waals surface area (Å²) in [4.78, 5) is 154. The predicted molar refractivity (Wildman–Crippen MR) is 577 cm³/mol. The van der Waals surface area contributed by atoms with Crippen LogP contribution in [-0.2, 0) is 118 Å². The highest BCUT2D eigenvalue weighted by Crippen LogP contribution is 2.47. The molecule has 36 nitrogen and oxygen atoms in total. The van der Waals surface area contributed by atoms with Gasteiger partial charge in [-0.25, -0.2) is 4.79 Å². The van der Waals surface area contributed by atoms with Crippen molar-refractivity contribution in [3.05, 3.63) is 234 Å². The largest absolute Gasteiger partial charge is 0.504 e. The fraction of sp³-hybridized carbons (Fsp3) is 0.315. The molecule has 0 fully saturated rings. The van der Waals surface area contributed by atoms with Gasteiger partial charge in [-0.1, -0.05) is 0 Å². The Hall–Kier alpha value is -9.43. The summed E-state index contributed by atoms with van der Waals surface area (Å²) in [6.07, 6.45) is 8.29. The van der Waals surface area contributed by atoms with E-state index in [-0.39, 0.29) is 126 Å². The number of esters is 2. The number of benzene rings is 4. The minimum atomic E-state index is -0.959. The number of methoxy groups -OCH3 is 9. The number of nitro benzene ring substituents is 2. The normalized spacial score (nSPS) is 17.1. The minimum absolute atomic E-state index is 0. The molecular weight excluding hydrogens is 2510 g/mol. The Labute approximate surface area is 922 Å². The van der Waals surface area contributed by atoms with E-state index >= 15 is 0 Å². The monoisotopic (exact) mass is 2590 g/mol. The van der Waals surface area contributed by atoms with Crippen molar-refractivity contribution in [2.24, 2.45) is 15.7 Å². The number of aromatic hydroxyl groups is 1. The fourth-order valence-corrected chi connectivity index (χ4v) is 28.5. The topological polar surface area (TPSA) is 471 Å². The van der Waals surface area contributed by atoms with E-state index in [4.69, 9.17) is 58.6 Å². The number of carboxylic acid groups (broad SMARTS) is 2. The van der Waals surface area contributed by atoms with E-state index in [1.54, 1.807) is 84.0 Å². The number of thiophene rings is 7. The van der Waals surface area contributed by atoms with E-state index in [9.17, 15) is 68.5 Å². The Morgan fingerprint density at radius 1 is 0.465 bits per heavy atom. The number of carboxylic acids is 2. The number of fused-ring (bicyclic) bond motifs is 10. The number of carbonyl (C=O) groups excluding carboxylic acids is 7. The van der Waals surface area contributed by atoms with Gasteiger partial charge in [0.2, 0.25) is 0 Å². The van der Waals surface area contributed by atoms with Crippen LogP contribution < -0.4 is 49.5 Å². The third kappa shape index (κ3) is 27.0. The molecule has 7 atom stereocenters. The van der Waals surface area contributed by atoms with Crippen molar-refractivity contribution in [2.45, 2.75) is 127 Å². The van der Waals surface area contributed by atoms with Crippen LogP contribution in [0.1, 0.15) is 109 Å². The molecular formula is C92H88Br7Cl2N11O25S7. The number of rotatable bonds is 18. The highest BCUT2D eigenvalue weighted by Gasteiger charge is 2.43. The number of aliphatic carboxylic acids is 2. The smallest absolute Gasteiger partial charge is 0.328 e. The van der Waals surface area contributed by atoms with Crippen molar-refractivity contribution in [1.29, 1.82) is 0 Å². The van der Waals surface area contributed by atoms with Crippen LogP contribution in [0.2, 0.25) is 0 Å². The average Bonchev–Trinajstić information content (AvgIpc) is 1.63. The summed E-state index contributed by atoms with van der Waals surface area (Å²) in [6.45, 7) is 2.90. The first-order valence-electron chi connectivity index (χ1n) is 42.3. The van der Waals surface area contributed by atoms with Crippen LogP contribution in [0.3, 0.4) is 0 Å². The SMILES string of the molecule is COC(=O)[C@@H]1Cc2sc(Br)cc2CN1.COC(=O)[C@@H]1Cc2sc(Br)cc2CN1C(=O)c1cc(OC)c(OC)cc1[N+](=O)[O-].COc1cc(C(=O)N2Cc3cc(Br)sc3C[C@H]2C=O)c([N+](=O)[O-])cc1OC.COc1cc2c(cc1O)N=C[C@@H]1Cc3sc(Br)cc3CN1C2=O.COc1cc2c(cc1OC)C(=O)N1Cc3cc(Br)sc3C[C@H]1C=N2.Cl.Cl.N[C@@H](Cc1ccc(Br)s1)C(=O)O.O=C(O)[C@@H]1Cc2sc(Br)cc2CN1. The van der Waals surface area contributed by atoms with Gasteiger partial charge in [-0.2, -0.15) is 0 Å². The number of carbonyl (C=O) groups is 9. The van der Waals surface area contributed by atoms with Crippen LogP contribution in [-0.4, -0.2) is 217 Å². The molecule has 0 bridgehead atoms. The first kappa shape index (κ1) is 115. The van der Waals surface area contributed by atoms with Gasteiger partial charge in [-0.05, 0) is 206 Å². The van der Waals surface area contributed by atoms with Crippen LogP contribution in [0.4, 0.5) is 22.7 Å². The quantitative estimate of drug-likeness (QED) is 0.0201. The van der Waals surface area contributed by atoms with Crippen molar-refractivity contribution < 1.29 is 111 Å². The second-order valence-corrected chi connectivity index (χ2v) is 49.3. The second-order valence-electron chi connectivity index (χ2n) is 31.7. The van der Waals surface area contributed by atoms with E-state index in [0.29, 0.717) is 79.2 Å². The first-order valence-corrected chi connectivity index (χ1v) is 53.6. The van der Waals surface area contributed by atoms with Crippen molar-refractivity contribution in [1.82, 2.24) is 30.2 Å². The lowest BCUT2D eigenvalue weighted by Crippen LogP contribution is -2.48. The summed E-state index contributed by atoms with van der Waals surface area (Å²) in [5, 5.41) is 56.4. The molecule has 144 heavy (non-hydrogen) atoms. The molecule has 0 aliphatic carbocycles. The molecule has 11 aromatic rings. The zero-order valence-electron chi connectivity index (χ0n) is 77.0. The Balaban J connectivity index is 0.000000163. The average molecular weight is 2600 g/mol. The molecule has 766 valence electrons. The summed E-state index contributed by atoms with van der Waals surface area (Å²) in [7, 11) is 12.7. The number of nitrogens with two attached hydrogens (primary N) is 1. The fourth-order valence-electron chi connectivity index (χ4n) is 16.2. The van der Waals surface area contributed by atoms with Crippen molar-refractivity contribution in [3.63, 3.8) is 0 Å². The Morgan fingerprint density at radius 3 is 1.24 bits per heavy atom. The van der Waals surface area contributed by atoms with Crippen LogP contribution in [0, 0.1) is 20.2 Å². The molecule has 4 amide bonds. The number of aliphatic imine (C=N–C) groups is 2. The lowest BCUT2D eigenvalue weighted by atomic mass is 9.99. The van der Waals surface area contributed by atoms with Gasteiger partial charge >= 0.3 is 23.9 Å².